The molecule has 0 fully saturated rings. The lowest BCUT2D eigenvalue weighted by Gasteiger charge is -2.07. The first-order valence-electron chi connectivity index (χ1n) is 5.04. The Morgan fingerprint density at radius 1 is 1.32 bits per heavy atom. The fourth-order valence-electron chi connectivity index (χ4n) is 1.61. The summed E-state index contributed by atoms with van der Waals surface area (Å²) in [6.45, 7) is 0. The van der Waals surface area contributed by atoms with Crippen LogP contribution < -0.4 is 5.73 Å². The lowest BCUT2D eigenvalue weighted by Crippen LogP contribution is -2.15. The molecular formula is C10H7F3N4O2. The van der Waals surface area contributed by atoms with E-state index in [1.807, 2.05) is 0 Å². The number of aromatic nitrogens is 2. The molecule has 0 spiro atoms. The summed E-state index contributed by atoms with van der Waals surface area (Å²) in [7, 11) is 0. The van der Waals surface area contributed by atoms with Crippen molar-refractivity contribution >= 4 is 22.4 Å². The maximum Gasteiger partial charge on any atom is 0.396 e. The average Bonchev–Trinajstić information content (AvgIpc) is 2.25. The molecule has 0 bridgehead atoms. The normalized spacial score (nSPS) is 11.7. The smallest absolute Gasteiger partial charge is 0.383 e. The van der Waals surface area contributed by atoms with Crippen molar-refractivity contribution in [2.45, 2.75) is 12.6 Å². The zero-order valence-corrected chi connectivity index (χ0v) is 9.31. The summed E-state index contributed by atoms with van der Waals surface area (Å²) < 4.78 is 36.8. The van der Waals surface area contributed by atoms with Crippen LogP contribution in [0.5, 0.6) is 0 Å². The number of nitrogens with zero attached hydrogens (tertiary/aromatic N) is 3. The van der Waals surface area contributed by atoms with Crippen LogP contribution in [0.15, 0.2) is 18.2 Å². The van der Waals surface area contributed by atoms with Crippen LogP contribution in [0, 0.1) is 10.1 Å². The zero-order valence-electron chi connectivity index (χ0n) is 9.31. The number of anilines is 1. The maximum absolute atomic E-state index is 12.3. The number of benzene rings is 1. The topological polar surface area (TPSA) is 94.9 Å². The molecule has 0 saturated carbocycles. The Morgan fingerprint density at radius 2 is 2.00 bits per heavy atom. The van der Waals surface area contributed by atoms with Gasteiger partial charge in [-0.15, -0.1) is 0 Å². The van der Waals surface area contributed by atoms with Crippen LogP contribution in [0.4, 0.5) is 24.7 Å². The number of nitrogens with two attached hydrogens (primary N) is 1. The van der Waals surface area contributed by atoms with Gasteiger partial charge in [0.1, 0.15) is 18.1 Å². The van der Waals surface area contributed by atoms with Gasteiger partial charge < -0.3 is 5.73 Å². The van der Waals surface area contributed by atoms with Crippen molar-refractivity contribution in [3.05, 3.63) is 34.1 Å². The van der Waals surface area contributed by atoms with Crippen molar-refractivity contribution in [3.8, 4) is 0 Å². The van der Waals surface area contributed by atoms with Gasteiger partial charge in [-0.3, -0.25) is 10.1 Å². The highest BCUT2D eigenvalue weighted by Crippen LogP contribution is 2.28. The second-order valence-electron chi connectivity index (χ2n) is 3.75. The summed E-state index contributed by atoms with van der Waals surface area (Å²) in [6, 6.07) is 3.92. The van der Waals surface area contributed by atoms with E-state index in [1.54, 1.807) is 0 Å². The summed E-state index contributed by atoms with van der Waals surface area (Å²) in [5, 5.41) is 11.0. The molecule has 1 aromatic carbocycles. The van der Waals surface area contributed by atoms with Gasteiger partial charge >= 0.3 is 6.18 Å². The minimum Gasteiger partial charge on any atom is -0.383 e. The maximum atomic E-state index is 12.3. The SMILES string of the molecule is Nc1nc(CC(F)(F)F)nc2c([N+](=O)[O-])cccc12. The Bertz CT molecular complexity index is 657. The highest BCUT2D eigenvalue weighted by molar-refractivity contribution is 5.93. The summed E-state index contributed by atoms with van der Waals surface area (Å²) in [5.74, 6) is -0.806. The van der Waals surface area contributed by atoms with Crippen LogP contribution in [-0.2, 0) is 6.42 Å². The molecule has 2 rings (SSSR count). The molecule has 1 aromatic heterocycles. The predicted octanol–water partition coefficient (Wildman–Crippen LogP) is 2.22. The molecule has 0 amide bonds. The van der Waals surface area contributed by atoms with Crippen LogP contribution in [-0.4, -0.2) is 21.1 Å². The number of non-ortho nitro benzene ring substituents is 1. The van der Waals surface area contributed by atoms with E-state index in [1.165, 1.54) is 12.1 Å². The van der Waals surface area contributed by atoms with E-state index in [0.29, 0.717) is 0 Å². The van der Waals surface area contributed by atoms with E-state index in [-0.39, 0.29) is 16.7 Å². The highest BCUT2D eigenvalue weighted by atomic mass is 19.4. The molecular weight excluding hydrogens is 265 g/mol. The molecule has 2 aromatic rings. The first-order chi connectivity index (χ1) is 8.78. The second-order valence-corrected chi connectivity index (χ2v) is 3.75. The number of hydrogen-bond acceptors (Lipinski definition) is 5. The highest BCUT2D eigenvalue weighted by Gasteiger charge is 2.30. The number of hydrogen-bond donors (Lipinski definition) is 1. The van der Waals surface area contributed by atoms with Crippen molar-refractivity contribution in [1.29, 1.82) is 0 Å². The van der Waals surface area contributed by atoms with Gasteiger partial charge in [0.25, 0.3) is 5.69 Å². The Balaban J connectivity index is 2.66. The van der Waals surface area contributed by atoms with Crippen molar-refractivity contribution in [2.24, 2.45) is 0 Å². The lowest BCUT2D eigenvalue weighted by molar-refractivity contribution is -0.383. The van der Waals surface area contributed by atoms with Crippen LogP contribution in [0.2, 0.25) is 0 Å². The predicted molar refractivity (Wildman–Crippen MR) is 60.4 cm³/mol. The van der Waals surface area contributed by atoms with Gasteiger partial charge in [0.15, 0.2) is 5.52 Å². The molecule has 2 N–H and O–H groups in total. The number of nitro benzene ring substituents is 1. The second kappa shape index (κ2) is 4.34. The van der Waals surface area contributed by atoms with E-state index >= 15 is 0 Å². The summed E-state index contributed by atoms with van der Waals surface area (Å²) in [5.41, 5.74) is 4.90. The fraction of sp³-hybridized carbons (Fsp3) is 0.200. The minimum absolute atomic E-state index is 0.153. The number of rotatable bonds is 2. The molecule has 0 aliphatic rings. The van der Waals surface area contributed by atoms with Crippen LogP contribution in [0.1, 0.15) is 5.82 Å². The van der Waals surface area contributed by atoms with Gasteiger partial charge in [-0.2, -0.15) is 13.2 Å². The van der Waals surface area contributed by atoms with E-state index in [0.717, 1.165) is 6.07 Å². The molecule has 6 nitrogen and oxygen atoms in total. The molecule has 0 atom stereocenters. The van der Waals surface area contributed by atoms with Gasteiger partial charge in [-0.25, -0.2) is 9.97 Å². The van der Waals surface area contributed by atoms with Crippen molar-refractivity contribution in [3.63, 3.8) is 0 Å². The Hall–Kier alpha value is -2.45. The van der Waals surface area contributed by atoms with E-state index in [2.05, 4.69) is 9.97 Å². The van der Waals surface area contributed by atoms with Crippen LogP contribution in [0.25, 0.3) is 10.9 Å². The van der Waals surface area contributed by atoms with Gasteiger partial charge in [0.05, 0.1) is 4.92 Å². The first-order valence-corrected chi connectivity index (χ1v) is 5.04. The van der Waals surface area contributed by atoms with Crippen molar-refractivity contribution in [1.82, 2.24) is 9.97 Å². The first kappa shape index (κ1) is 13.0. The van der Waals surface area contributed by atoms with Crippen LogP contribution in [0.3, 0.4) is 0 Å². The van der Waals surface area contributed by atoms with E-state index < -0.39 is 29.0 Å². The largest absolute Gasteiger partial charge is 0.396 e. The number of nitrogen functional groups attached to an aromatic ring is 1. The zero-order chi connectivity index (χ0) is 14.2. The molecule has 0 saturated heterocycles. The Labute approximate surface area is 104 Å². The monoisotopic (exact) mass is 272 g/mol. The summed E-state index contributed by atoms with van der Waals surface area (Å²) in [4.78, 5) is 17.2. The number of para-hydroxylation sites is 1. The van der Waals surface area contributed by atoms with E-state index in [9.17, 15) is 23.3 Å². The van der Waals surface area contributed by atoms with Crippen molar-refractivity contribution in [2.75, 3.05) is 5.73 Å². The Kier molecular flexibility index (Phi) is 2.97. The van der Waals surface area contributed by atoms with E-state index in [4.69, 9.17) is 5.73 Å². The molecule has 1 heterocycles. The standard InChI is InChI=1S/C10H7F3N4O2/c11-10(12,13)4-7-15-8-5(9(14)16-7)2-1-3-6(8)17(18)19/h1-3H,4H2,(H2,14,15,16). The third kappa shape index (κ3) is 2.69. The Morgan fingerprint density at radius 3 is 2.58 bits per heavy atom. The third-order valence-electron chi connectivity index (χ3n) is 2.34. The third-order valence-corrected chi connectivity index (χ3v) is 2.34. The fourth-order valence-corrected chi connectivity index (χ4v) is 1.61. The molecule has 100 valence electrons. The number of fused-ring (bicyclic) bond motifs is 1. The molecule has 0 unspecified atom stereocenters. The summed E-state index contributed by atoms with van der Waals surface area (Å²) in [6.07, 6.45) is -5.90. The van der Waals surface area contributed by atoms with Crippen LogP contribution >= 0.6 is 0 Å². The van der Waals surface area contributed by atoms with Gasteiger partial charge in [-0.1, -0.05) is 6.07 Å². The number of halogens is 3. The van der Waals surface area contributed by atoms with Gasteiger partial charge in [-0.05, 0) is 6.07 Å². The minimum atomic E-state index is -4.51. The molecule has 0 radical (unpaired) electrons. The van der Waals surface area contributed by atoms with Gasteiger partial charge in [0.2, 0.25) is 0 Å². The number of alkyl halides is 3. The molecule has 19 heavy (non-hydrogen) atoms. The average molecular weight is 272 g/mol. The lowest BCUT2D eigenvalue weighted by atomic mass is 10.2. The molecule has 9 heteroatoms. The summed E-state index contributed by atoms with van der Waals surface area (Å²) >= 11 is 0. The van der Waals surface area contributed by atoms with Crippen molar-refractivity contribution < 1.29 is 18.1 Å². The molecule has 0 aliphatic heterocycles. The number of nitro groups is 1. The molecule has 0 aliphatic carbocycles. The van der Waals surface area contributed by atoms with Gasteiger partial charge in [0, 0.05) is 11.5 Å². The quantitative estimate of drug-likeness (QED) is 0.668.